The predicted molar refractivity (Wildman–Crippen MR) is 132 cm³/mol. The minimum Gasteiger partial charge on any atom is -0.495 e. The molecule has 4 rings (SSSR count). The Bertz CT molecular complexity index is 1150. The van der Waals surface area contributed by atoms with E-state index in [1.807, 2.05) is 48.5 Å². The number of pyridine rings is 1. The van der Waals surface area contributed by atoms with Crippen molar-refractivity contribution in [2.24, 2.45) is 0 Å². The molecule has 0 spiro atoms. The summed E-state index contributed by atoms with van der Waals surface area (Å²) in [5.41, 5.74) is 3.67. The zero-order valence-corrected chi connectivity index (χ0v) is 19.8. The molecule has 174 valence electrons. The fourth-order valence-electron chi connectivity index (χ4n) is 4.12. The maximum Gasteiger partial charge on any atom is 0.249 e. The molecule has 2 aromatic carbocycles. The van der Waals surface area contributed by atoms with Gasteiger partial charge in [0.05, 0.1) is 31.4 Å². The van der Waals surface area contributed by atoms with Gasteiger partial charge in [-0.05, 0) is 44.5 Å². The van der Waals surface area contributed by atoms with E-state index >= 15 is 0 Å². The molecule has 8 heteroatoms. The molecule has 0 aliphatic carbocycles. The molecule has 1 aromatic heterocycles. The van der Waals surface area contributed by atoms with E-state index in [9.17, 15) is 9.59 Å². The Morgan fingerprint density at radius 3 is 2.70 bits per heavy atom. The molecule has 3 aromatic rings. The number of aromatic nitrogens is 1. The number of aryl methyl sites for hydroxylation is 1. The van der Waals surface area contributed by atoms with E-state index in [1.54, 1.807) is 32.2 Å². The second-order valence-corrected chi connectivity index (χ2v) is 7.99. The standard InChI is InChI=1S/C25H28N4O3.ClH/c1-16(26-2)24(30)28-21-13-12-17-8-4-7-11-22(17)29(25(21)31)15-19-18-9-5-6-10-20(18)27-14-23(19)32-3;/h4-11,14,16,21,26H,12-13,15H2,1-3H3,(H,28,30);1H/t16-,21-;/m0./s1. The summed E-state index contributed by atoms with van der Waals surface area (Å²) in [5.74, 6) is 0.306. The average molecular weight is 469 g/mol. The number of benzene rings is 2. The van der Waals surface area contributed by atoms with E-state index in [-0.39, 0.29) is 30.3 Å². The van der Waals surface area contributed by atoms with Crippen LogP contribution in [0.25, 0.3) is 10.9 Å². The zero-order valence-electron chi connectivity index (χ0n) is 19.0. The second kappa shape index (κ2) is 10.6. The van der Waals surface area contributed by atoms with Gasteiger partial charge in [-0.25, -0.2) is 0 Å². The van der Waals surface area contributed by atoms with Gasteiger partial charge in [-0.15, -0.1) is 12.4 Å². The summed E-state index contributed by atoms with van der Waals surface area (Å²) in [5, 5.41) is 6.80. The van der Waals surface area contributed by atoms with Gasteiger partial charge in [0.1, 0.15) is 11.8 Å². The minimum atomic E-state index is -0.607. The van der Waals surface area contributed by atoms with Crippen LogP contribution in [0.5, 0.6) is 5.75 Å². The van der Waals surface area contributed by atoms with Crippen LogP contribution in [-0.2, 0) is 22.6 Å². The lowest BCUT2D eigenvalue weighted by Gasteiger charge is -2.28. The molecule has 0 radical (unpaired) electrons. The monoisotopic (exact) mass is 468 g/mol. The van der Waals surface area contributed by atoms with Crippen molar-refractivity contribution in [1.82, 2.24) is 15.6 Å². The van der Waals surface area contributed by atoms with Crippen molar-refractivity contribution in [3.63, 3.8) is 0 Å². The van der Waals surface area contributed by atoms with Gasteiger partial charge in [0.15, 0.2) is 0 Å². The fraction of sp³-hybridized carbons (Fsp3) is 0.320. The fourth-order valence-corrected chi connectivity index (χ4v) is 4.12. The Hall–Kier alpha value is -3.16. The number of hydrogen-bond acceptors (Lipinski definition) is 5. The van der Waals surface area contributed by atoms with E-state index in [1.165, 1.54) is 0 Å². The van der Waals surface area contributed by atoms with Crippen LogP contribution in [0, 0.1) is 0 Å². The zero-order chi connectivity index (χ0) is 22.7. The van der Waals surface area contributed by atoms with Gasteiger partial charge >= 0.3 is 0 Å². The quantitative estimate of drug-likeness (QED) is 0.580. The molecule has 1 aliphatic heterocycles. The highest BCUT2D eigenvalue weighted by Crippen LogP contribution is 2.33. The van der Waals surface area contributed by atoms with Gasteiger partial charge in [0.25, 0.3) is 0 Å². The van der Waals surface area contributed by atoms with Crippen LogP contribution >= 0.6 is 12.4 Å². The number of ether oxygens (including phenoxy) is 1. The summed E-state index contributed by atoms with van der Waals surface area (Å²) < 4.78 is 5.61. The minimum absolute atomic E-state index is 0. The smallest absolute Gasteiger partial charge is 0.249 e. The predicted octanol–water partition coefficient (Wildman–Crippen LogP) is 3.24. The summed E-state index contributed by atoms with van der Waals surface area (Å²) in [6, 6.07) is 14.7. The SMILES string of the molecule is CN[C@@H](C)C(=O)N[C@H]1CCc2ccccc2N(Cc2c(OC)cnc3ccccc23)C1=O.Cl. The molecule has 0 saturated carbocycles. The summed E-state index contributed by atoms with van der Waals surface area (Å²) in [7, 11) is 3.33. The number of methoxy groups -OCH3 is 1. The van der Waals surface area contributed by atoms with E-state index < -0.39 is 6.04 Å². The highest BCUT2D eigenvalue weighted by Gasteiger charge is 2.33. The number of amides is 2. The first-order valence-electron chi connectivity index (χ1n) is 10.8. The summed E-state index contributed by atoms with van der Waals surface area (Å²) in [6.07, 6.45) is 2.94. The third-order valence-electron chi connectivity index (χ3n) is 6.08. The van der Waals surface area contributed by atoms with Crippen molar-refractivity contribution in [1.29, 1.82) is 0 Å². The summed E-state index contributed by atoms with van der Waals surface area (Å²) in [6.45, 7) is 2.09. The van der Waals surface area contributed by atoms with Gasteiger partial charge in [-0.3, -0.25) is 14.6 Å². The molecular formula is C25H29ClN4O3. The number of carbonyl (C=O) groups excluding carboxylic acids is 2. The van der Waals surface area contributed by atoms with Crippen molar-refractivity contribution in [3.05, 3.63) is 65.9 Å². The van der Waals surface area contributed by atoms with Crippen LogP contribution in [0.3, 0.4) is 0 Å². The Kier molecular flexibility index (Phi) is 7.89. The lowest BCUT2D eigenvalue weighted by molar-refractivity contribution is -0.128. The first-order chi connectivity index (χ1) is 15.5. The second-order valence-electron chi connectivity index (χ2n) is 7.99. The maximum atomic E-state index is 13.7. The number of nitrogens with one attached hydrogen (secondary N) is 2. The molecule has 2 N–H and O–H groups in total. The molecule has 0 unspecified atom stereocenters. The van der Waals surface area contributed by atoms with Crippen molar-refractivity contribution in [2.75, 3.05) is 19.1 Å². The molecule has 0 saturated heterocycles. The van der Waals surface area contributed by atoms with Crippen molar-refractivity contribution >= 4 is 40.8 Å². The molecule has 1 aliphatic rings. The molecule has 2 atom stereocenters. The van der Waals surface area contributed by atoms with E-state index in [2.05, 4.69) is 15.6 Å². The number of hydrogen-bond donors (Lipinski definition) is 2. The third kappa shape index (κ3) is 4.94. The molecule has 33 heavy (non-hydrogen) atoms. The Labute approximate surface area is 199 Å². The first kappa shape index (κ1) is 24.5. The van der Waals surface area contributed by atoms with Crippen LogP contribution in [0.15, 0.2) is 54.7 Å². The number of carbonyl (C=O) groups is 2. The largest absolute Gasteiger partial charge is 0.495 e. The Morgan fingerprint density at radius 2 is 1.94 bits per heavy atom. The normalized spacial score (nSPS) is 16.4. The number of rotatable bonds is 6. The molecule has 0 bridgehead atoms. The number of likely N-dealkylation sites (N-methyl/N-ethyl adjacent to an activating group) is 1. The van der Waals surface area contributed by atoms with Crippen LogP contribution in [0.2, 0.25) is 0 Å². The highest BCUT2D eigenvalue weighted by atomic mass is 35.5. The van der Waals surface area contributed by atoms with Crippen molar-refractivity contribution in [2.45, 2.75) is 38.4 Å². The topological polar surface area (TPSA) is 83.6 Å². The molecule has 0 fully saturated rings. The third-order valence-corrected chi connectivity index (χ3v) is 6.08. The maximum absolute atomic E-state index is 13.7. The van der Waals surface area contributed by atoms with E-state index in [4.69, 9.17) is 4.74 Å². The molecule has 7 nitrogen and oxygen atoms in total. The number of halogens is 1. The molecule has 2 heterocycles. The van der Waals surface area contributed by atoms with Crippen LogP contribution in [0.1, 0.15) is 24.5 Å². The lowest BCUT2D eigenvalue weighted by atomic mass is 10.1. The lowest BCUT2D eigenvalue weighted by Crippen LogP contribution is -2.52. The highest BCUT2D eigenvalue weighted by molar-refractivity contribution is 6.01. The Balaban J connectivity index is 0.00000306. The summed E-state index contributed by atoms with van der Waals surface area (Å²) in [4.78, 5) is 32.5. The van der Waals surface area contributed by atoms with Crippen molar-refractivity contribution < 1.29 is 14.3 Å². The van der Waals surface area contributed by atoms with E-state index in [0.29, 0.717) is 25.1 Å². The van der Waals surface area contributed by atoms with Crippen LogP contribution in [0.4, 0.5) is 5.69 Å². The van der Waals surface area contributed by atoms with Gasteiger partial charge in [-0.1, -0.05) is 36.4 Å². The summed E-state index contributed by atoms with van der Waals surface area (Å²) >= 11 is 0. The molecular weight excluding hydrogens is 440 g/mol. The van der Waals surface area contributed by atoms with Crippen molar-refractivity contribution in [3.8, 4) is 5.75 Å². The van der Waals surface area contributed by atoms with Gasteiger partial charge in [-0.2, -0.15) is 0 Å². The van der Waals surface area contributed by atoms with Gasteiger partial charge < -0.3 is 20.3 Å². The van der Waals surface area contributed by atoms with Gasteiger partial charge in [0, 0.05) is 16.6 Å². The number of anilines is 1. The van der Waals surface area contributed by atoms with Crippen LogP contribution < -0.4 is 20.3 Å². The molecule has 2 amide bonds. The van der Waals surface area contributed by atoms with Gasteiger partial charge in [0.2, 0.25) is 11.8 Å². The average Bonchev–Trinajstić information content (AvgIpc) is 2.95. The van der Waals surface area contributed by atoms with E-state index in [0.717, 1.165) is 27.7 Å². The first-order valence-corrected chi connectivity index (χ1v) is 10.8. The number of nitrogens with zero attached hydrogens (tertiary/aromatic N) is 2. The number of fused-ring (bicyclic) bond motifs is 2. The van der Waals surface area contributed by atoms with Crippen LogP contribution in [-0.4, -0.2) is 43.0 Å². The number of para-hydroxylation sites is 2. The Morgan fingerprint density at radius 1 is 1.21 bits per heavy atom.